The maximum atomic E-state index is 11.5. The van der Waals surface area contributed by atoms with Gasteiger partial charge in [-0.25, -0.2) is 0 Å². The maximum absolute atomic E-state index is 11.5. The third-order valence-corrected chi connectivity index (χ3v) is 2.37. The summed E-state index contributed by atoms with van der Waals surface area (Å²) >= 11 is 0. The van der Waals surface area contributed by atoms with Gasteiger partial charge in [0.05, 0.1) is 0 Å². The lowest BCUT2D eigenvalue weighted by Crippen LogP contribution is -2.16. The van der Waals surface area contributed by atoms with E-state index in [-0.39, 0.29) is 0 Å². The molecule has 0 saturated heterocycles. The van der Waals surface area contributed by atoms with Gasteiger partial charge in [-0.05, 0) is 26.1 Å². The van der Waals surface area contributed by atoms with Gasteiger partial charge in [-0.1, -0.05) is 30.3 Å². The minimum absolute atomic E-state index is 0.354. The molecule has 0 fully saturated rings. The predicted octanol–water partition coefficient (Wildman–Crippen LogP) is 2.14. The SMILES string of the molecule is CN(C)CCC(=O)CCc1ccccc1. The van der Waals surface area contributed by atoms with Crippen LogP contribution in [0.15, 0.2) is 30.3 Å². The summed E-state index contributed by atoms with van der Waals surface area (Å²) in [5, 5.41) is 0. The summed E-state index contributed by atoms with van der Waals surface area (Å²) in [7, 11) is 3.98. The average molecular weight is 205 g/mol. The Morgan fingerprint density at radius 2 is 1.80 bits per heavy atom. The first-order valence-electron chi connectivity index (χ1n) is 5.39. The molecular weight excluding hydrogens is 186 g/mol. The first kappa shape index (κ1) is 11.9. The lowest BCUT2D eigenvalue weighted by Gasteiger charge is -2.08. The molecular formula is C13H19NO. The highest BCUT2D eigenvalue weighted by molar-refractivity contribution is 5.78. The minimum Gasteiger partial charge on any atom is -0.309 e. The third-order valence-electron chi connectivity index (χ3n) is 2.37. The van der Waals surface area contributed by atoms with Crippen molar-refractivity contribution in [2.45, 2.75) is 19.3 Å². The van der Waals surface area contributed by atoms with Gasteiger partial charge in [-0.2, -0.15) is 0 Å². The van der Waals surface area contributed by atoms with Crippen LogP contribution in [-0.4, -0.2) is 31.3 Å². The van der Waals surface area contributed by atoms with Gasteiger partial charge in [0.15, 0.2) is 0 Å². The van der Waals surface area contributed by atoms with E-state index < -0.39 is 0 Å². The molecule has 2 nitrogen and oxygen atoms in total. The number of ketones is 1. The van der Waals surface area contributed by atoms with Crippen LogP contribution in [0.4, 0.5) is 0 Å². The molecule has 0 aliphatic heterocycles. The molecule has 0 N–H and O–H groups in total. The van der Waals surface area contributed by atoms with Crippen LogP contribution in [0.1, 0.15) is 18.4 Å². The molecule has 0 amide bonds. The highest BCUT2D eigenvalue weighted by Gasteiger charge is 2.02. The van der Waals surface area contributed by atoms with E-state index in [4.69, 9.17) is 0 Å². The molecule has 0 aromatic heterocycles. The number of Topliss-reactive ketones (excluding diaryl/α,β-unsaturated/α-hetero) is 1. The molecule has 0 saturated carbocycles. The molecule has 0 aliphatic rings. The van der Waals surface area contributed by atoms with Crippen molar-refractivity contribution in [3.05, 3.63) is 35.9 Å². The zero-order chi connectivity index (χ0) is 11.1. The first-order valence-corrected chi connectivity index (χ1v) is 5.39. The van der Waals surface area contributed by atoms with Gasteiger partial charge in [0, 0.05) is 19.4 Å². The van der Waals surface area contributed by atoms with Crippen molar-refractivity contribution in [1.82, 2.24) is 4.90 Å². The van der Waals surface area contributed by atoms with Crippen LogP contribution in [0.3, 0.4) is 0 Å². The van der Waals surface area contributed by atoms with Gasteiger partial charge in [0.25, 0.3) is 0 Å². The Labute approximate surface area is 91.9 Å². The van der Waals surface area contributed by atoms with Crippen molar-refractivity contribution in [2.75, 3.05) is 20.6 Å². The number of carbonyl (C=O) groups is 1. The second-order valence-corrected chi connectivity index (χ2v) is 4.08. The van der Waals surface area contributed by atoms with E-state index in [2.05, 4.69) is 12.1 Å². The van der Waals surface area contributed by atoms with Crippen molar-refractivity contribution in [1.29, 1.82) is 0 Å². The number of aryl methyl sites for hydroxylation is 1. The van der Waals surface area contributed by atoms with E-state index in [1.165, 1.54) is 5.56 Å². The molecule has 0 radical (unpaired) electrons. The number of carbonyl (C=O) groups excluding carboxylic acids is 1. The molecule has 82 valence electrons. The van der Waals surface area contributed by atoms with Crippen molar-refractivity contribution in [3.63, 3.8) is 0 Å². The number of hydrogen-bond acceptors (Lipinski definition) is 2. The molecule has 2 heteroatoms. The van der Waals surface area contributed by atoms with E-state index in [0.29, 0.717) is 18.6 Å². The molecule has 0 spiro atoms. The van der Waals surface area contributed by atoms with Gasteiger partial charge in [-0.15, -0.1) is 0 Å². The lowest BCUT2D eigenvalue weighted by atomic mass is 10.1. The number of hydrogen-bond donors (Lipinski definition) is 0. The van der Waals surface area contributed by atoms with Crippen molar-refractivity contribution in [2.24, 2.45) is 0 Å². The van der Waals surface area contributed by atoms with Crippen molar-refractivity contribution >= 4 is 5.78 Å². The normalized spacial score (nSPS) is 10.6. The van der Waals surface area contributed by atoms with Crippen LogP contribution in [0.25, 0.3) is 0 Å². The Morgan fingerprint density at radius 3 is 2.40 bits per heavy atom. The van der Waals surface area contributed by atoms with Crippen LogP contribution in [0.2, 0.25) is 0 Å². The van der Waals surface area contributed by atoms with Gasteiger partial charge in [0.2, 0.25) is 0 Å². The zero-order valence-electron chi connectivity index (χ0n) is 9.57. The fourth-order valence-electron chi connectivity index (χ4n) is 1.40. The molecule has 1 aromatic rings. The van der Waals surface area contributed by atoms with Crippen molar-refractivity contribution in [3.8, 4) is 0 Å². The second kappa shape index (κ2) is 6.36. The van der Waals surface area contributed by atoms with Gasteiger partial charge in [-0.3, -0.25) is 4.79 Å². The fraction of sp³-hybridized carbons (Fsp3) is 0.462. The summed E-state index contributed by atoms with van der Waals surface area (Å²) in [5.41, 5.74) is 1.25. The number of rotatable bonds is 6. The van der Waals surface area contributed by atoms with Crippen molar-refractivity contribution < 1.29 is 4.79 Å². The van der Waals surface area contributed by atoms with Gasteiger partial charge >= 0.3 is 0 Å². The smallest absolute Gasteiger partial charge is 0.134 e. The summed E-state index contributed by atoms with van der Waals surface area (Å²) in [6.45, 7) is 0.855. The van der Waals surface area contributed by atoms with E-state index in [0.717, 1.165) is 13.0 Å². The van der Waals surface area contributed by atoms with E-state index in [1.54, 1.807) is 0 Å². The third kappa shape index (κ3) is 5.33. The number of benzene rings is 1. The topological polar surface area (TPSA) is 20.3 Å². The van der Waals surface area contributed by atoms with Crippen LogP contribution >= 0.6 is 0 Å². The summed E-state index contributed by atoms with van der Waals surface area (Å²) in [4.78, 5) is 13.5. The Morgan fingerprint density at radius 1 is 1.13 bits per heavy atom. The zero-order valence-corrected chi connectivity index (χ0v) is 9.57. The highest BCUT2D eigenvalue weighted by atomic mass is 16.1. The highest BCUT2D eigenvalue weighted by Crippen LogP contribution is 2.04. The molecule has 0 bridgehead atoms. The quantitative estimate of drug-likeness (QED) is 0.709. The van der Waals surface area contributed by atoms with Crippen LogP contribution in [0.5, 0.6) is 0 Å². The molecule has 1 aromatic carbocycles. The standard InChI is InChI=1S/C13H19NO/c1-14(2)11-10-13(15)9-8-12-6-4-3-5-7-12/h3-7H,8-11H2,1-2H3. The monoisotopic (exact) mass is 205 g/mol. The summed E-state index contributed by atoms with van der Waals surface area (Å²) in [6.07, 6.45) is 2.20. The van der Waals surface area contributed by atoms with Gasteiger partial charge in [0.1, 0.15) is 5.78 Å². The first-order chi connectivity index (χ1) is 7.18. The second-order valence-electron chi connectivity index (χ2n) is 4.08. The molecule has 0 aliphatic carbocycles. The number of nitrogens with zero attached hydrogens (tertiary/aromatic N) is 1. The van der Waals surface area contributed by atoms with Gasteiger partial charge < -0.3 is 4.90 Å². The summed E-state index contributed by atoms with van der Waals surface area (Å²) < 4.78 is 0. The molecule has 0 heterocycles. The van der Waals surface area contributed by atoms with E-state index in [9.17, 15) is 4.79 Å². The Bertz CT molecular complexity index is 293. The molecule has 0 atom stereocenters. The van der Waals surface area contributed by atoms with Crippen LogP contribution < -0.4 is 0 Å². The average Bonchev–Trinajstić information content (AvgIpc) is 2.25. The minimum atomic E-state index is 0.354. The lowest BCUT2D eigenvalue weighted by molar-refractivity contribution is -0.119. The maximum Gasteiger partial charge on any atom is 0.134 e. The largest absolute Gasteiger partial charge is 0.309 e. The van der Waals surface area contributed by atoms with Crippen LogP contribution in [-0.2, 0) is 11.2 Å². The van der Waals surface area contributed by atoms with E-state index in [1.807, 2.05) is 37.2 Å². The molecule has 15 heavy (non-hydrogen) atoms. The summed E-state index contributed by atoms with van der Waals surface area (Å²) in [6, 6.07) is 10.2. The predicted molar refractivity (Wildman–Crippen MR) is 62.9 cm³/mol. The molecule has 0 unspecified atom stereocenters. The fourth-order valence-corrected chi connectivity index (χ4v) is 1.40. The van der Waals surface area contributed by atoms with E-state index >= 15 is 0 Å². The Balaban J connectivity index is 2.23. The molecule has 1 rings (SSSR count). The Kier molecular flexibility index (Phi) is 5.05. The Hall–Kier alpha value is -1.15. The summed E-state index contributed by atoms with van der Waals surface area (Å²) in [5.74, 6) is 0.354. The van der Waals surface area contributed by atoms with Crippen LogP contribution in [0, 0.1) is 0 Å².